The Balaban J connectivity index is 1.56. The Labute approximate surface area is 149 Å². The van der Waals surface area contributed by atoms with Crippen LogP contribution >= 0.6 is 0 Å². The first-order chi connectivity index (χ1) is 12.3. The van der Waals surface area contributed by atoms with Gasteiger partial charge in [-0.1, -0.05) is 30.3 Å². The molecule has 0 unspecified atom stereocenters. The number of hydrogen-bond donors (Lipinski definition) is 3. The van der Waals surface area contributed by atoms with Crippen molar-refractivity contribution in [3.63, 3.8) is 0 Å². The van der Waals surface area contributed by atoms with Gasteiger partial charge >= 0.3 is 0 Å². The van der Waals surface area contributed by atoms with E-state index in [1.54, 1.807) is 6.26 Å². The van der Waals surface area contributed by atoms with E-state index in [9.17, 15) is 5.11 Å². The molecule has 0 aliphatic heterocycles. The maximum Gasteiger partial charge on any atom is 0.191 e. The summed E-state index contributed by atoms with van der Waals surface area (Å²) in [4.78, 5) is 4.73. The van der Waals surface area contributed by atoms with Crippen LogP contribution in [-0.2, 0) is 13.0 Å². The molecule has 0 bridgehead atoms. The second-order valence-electron chi connectivity index (χ2n) is 6.56. The molecule has 0 atom stereocenters. The SMILES string of the molecule is OC1CCC(NC(=NCc2ccccc2)NCCc2ccco2)CC1. The van der Waals surface area contributed by atoms with Gasteiger partial charge in [-0.05, 0) is 43.4 Å². The van der Waals surface area contributed by atoms with E-state index in [4.69, 9.17) is 9.41 Å². The fourth-order valence-electron chi connectivity index (χ4n) is 3.08. The van der Waals surface area contributed by atoms with Gasteiger partial charge in [-0.25, -0.2) is 4.99 Å². The van der Waals surface area contributed by atoms with Crippen LogP contribution in [0, 0.1) is 0 Å². The average molecular weight is 341 g/mol. The third-order valence-corrected chi connectivity index (χ3v) is 4.54. The van der Waals surface area contributed by atoms with Crippen LogP contribution < -0.4 is 10.6 Å². The van der Waals surface area contributed by atoms with Crippen LogP contribution in [0.4, 0.5) is 0 Å². The summed E-state index contributed by atoms with van der Waals surface area (Å²) in [7, 11) is 0. The van der Waals surface area contributed by atoms with Crippen LogP contribution in [0.5, 0.6) is 0 Å². The molecule has 5 nitrogen and oxygen atoms in total. The highest BCUT2D eigenvalue weighted by atomic mass is 16.3. The Morgan fingerprint density at radius 3 is 2.60 bits per heavy atom. The van der Waals surface area contributed by atoms with Gasteiger partial charge in [0, 0.05) is 19.0 Å². The van der Waals surface area contributed by atoms with E-state index < -0.39 is 0 Å². The lowest BCUT2D eigenvalue weighted by Crippen LogP contribution is -2.45. The normalized spacial score (nSPS) is 21.1. The maximum absolute atomic E-state index is 9.68. The Bertz CT molecular complexity index is 632. The summed E-state index contributed by atoms with van der Waals surface area (Å²) >= 11 is 0. The van der Waals surface area contributed by atoms with Crippen molar-refractivity contribution in [2.45, 2.75) is 50.8 Å². The largest absolute Gasteiger partial charge is 0.469 e. The molecule has 5 heteroatoms. The monoisotopic (exact) mass is 341 g/mol. The zero-order chi connectivity index (χ0) is 17.3. The van der Waals surface area contributed by atoms with Gasteiger partial charge in [-0.2, -0.15) is 0 Å². The van der Waals surface area contributed by atoms with Gasteiger partial charge in [0.1, 0.15) is 5.76 Å². The van der Waals surface area contributed by atoms with Crippen LogP contribution in [-0.4, -0.2) is 29.8 Å². The maximum atomic E-state index is 9.68. The third kappa shape index (κ3) is 5.94. The quantitative estimate of drug-likeness (QED) is 0.558. The van der Waals surface area contributed by atoms with Crippen molar-refractivity contribution in [1.82, 2.24) is 10.6 Å². The highest BCUT2D eigenvalue weighted by Crippen LogP contribution is 2.18. The highest BCUT2D eigenvalue weighted by molar-refractivity contribution is 5.80. The summed E-state index contributed by atoms with van der Waals surface area (Å²) in [6.45, 7) is 1.41. The van der Waals surface area contributed by atoms with E-state index >= 15 is 0 Å². The first-order valence-electron chi connectivity index (χ1n) is 9.09. The molecule has 1 aromatic carbocycles. The number of aliphatic imine (C=N–C) groups is 1. The van der Waals surface area contributed by atoms with Gasteiger partial charge in [0.25, 0.3) is 0 Å². The van der Waals surface area contributed by atoms with Gasteiger partial charge in [0.15, 0.2) is 5.96 Å². The number of nitrogens with one attached hydrogen (secondary N) is 2. The van der Waals surface area contributed by atoms with Crippen LogP contribution in [0.15, 0.2) is 58.1 Å². The molecule has 0 saturated heterocycles. The van der Waals surface area contributed by atoms with E-state index in [0.29, 0.717) is 12.6 Å². The number of nitrogens with zero attached hydrogens (tertiary/aromatic N) is 1. The summed E-state index contributed by atoms with van der Waals surface area (Å²) in [6.07, 6.45) is 6.05. The lowest BCUT2D eigenvalue weighted by Gasteiger charge is -2.27. The van der Waals surface area contributed by atoms with Gasteiger partial charge in [0.05, 0.1) is 18.9 Å². The molecule has 1 aromatic heterocycles. The van der Waals surface area contributed by atoms with Crippen LogP contribution in [0.25, 0.3) is 0 Å². The first kappa shape index (κ1) is 17.5. The number of aliphatic hydroxyl groups is 1. The molecule has 1 saturated carbocycles. The van der Waals surface area contributed by atoms with Crippen molar-refractivity contribution in [2.24, 2.45) is 4.99 Å². The molecule has 3 N–H and O–H groups in total. The predicted octanol–water partition coefficient (Wildman–Crippen LogP) is 2.86. The fourth-order valence-corrected chi connectivity index (χ4v) is 3.08. The molecule has 1 heterocycles. The minimum absolute atomic E-state index is 0.144. The Hall–Kier alpha value is -2.27. The predicted molar refractivity (Wildman–Crippen MR) is 99.4 cm³/mol. The summed E-state index contributed by atoms with van der Waals surface area (Å²) in [5.41, 5.74) is 1.19. The summed E-state index contributed by atoms with van der Waals surface area (Å²) < 4.78 is 5.38. The molecular weight excluding hydrogens is 314 g/mol. The molecule has 1 fully saturated rings. The van der Waals surface area contributed by atoms with Crippen molar-refractivity contribution in [2.75, 3.05) is 6.54 Å². The molecule has 0 spiro atoms. The highest BCUT2D eigenvalue weighted by Gasteiger charge is 2.20. The van der Waals surface area contributed by atoms with Crippen molar-refractivity contribution in [3.8, 4) is 0 Å². The number of furan rings is 1. The molecule has 0 amide bonds. The van der Waals surface area contributed by atoms with Crippen LogP contribution in [0.1, 0.15) is 37.0 Å². The Kier molecular flexibility index (Phi) is 6.51. The summed E-state index contributed by atoms with van der Waals surface area (Å²) in [5, 5.41) is 16.6. The number of aliphatic hydroxyl groups excluding tert-OH is 1. The van der Waals surface area contributed by atoms with Gasteiger partial charge in [0.2, 0.25) is 0 Å². The first-order valence-corrected chi connectivity index (χ1v) is 9.09. The van der Waals surface area contributed by atoms with E-state index in [0.717, 1.165) is 50.4 Å². The van der Waals surface area contributed by atoms with E-state index in [-0.39, 0.29) is 6.10 Å². The molecule has 3 rings (SSSR count). The van der Waals surface area contributed by atoms with Crippen LogP contribution in [0.3, 0.4) is 0 Å². The van der Waals surface area contributed by atoms with E-state index in [1.807, 2.05) is 30.3 Å². The third-order valence-electron chi connectivity index (χ3n) is 4.54. The van der Waals surface area contributed by atoms with Gasteiger partial charge in [-0.3, -0.25) is 0 Å². The summed E-state index contributed by atoms with van der Waals surface area (Å²) in [6, 6.07) is 14.5. The van der Waals surface area contributed by atoms with Crippen LogP contribution in [0.2, 0.25) is 0 Å². The molecule has 0 radical (unpaired) electrons. The zero-order valence-corrected chi connectivity index (χ0v) is 14.5. The molecule has 1 aliphatic carbocycles. The van der Waals surface area contributed by atoms with Crippen molar-refractivity contribution in [3.05, 3.63) is 60.1 Å². The van der Waals surface area contributed by atoms with E-state index in [2.05, 4.69) is 22.8 Å². The van der Waals surface area contributed by atoms with Crippen molar-refractivity contribution in [1.29, 1.82) is 0 Å². The Morgan fingerprint density at radius 2 is 1.88 bits per heavy atom. The Morgan fingerprint density at radius 1 is 1.08 bits per heavy atom. The standard InChI is InChI=1S/C20H27N3O2/c24-18-10-8-17(9-11-18)23-20(21-13-12-19-7-4-14-25-19)22-15-16-5-2-1-3-6-16/h1-7,14,17-18,24H,8-13,15H2,(H2,21,22,23). The molecule has 2 aromatic rings. The van der Waals surface area contributed by atoms with Gasteiger partial charge in [-0.15, -0.1) is 0 Å². The van der Waals surface area contributed by atoms with Crippen molar-refractivity contribution >= 4 is 5.96 Å². The molecule has 134 valence electrons. The second kappa shape index (κ2) is 9.28. The number of benzene rings is 1. The lowest BCUT2D eigenvalue weighted by molar-refractivity contribution is 0.120. The molecular formula is C20H27N3O2. The topological polar surface area (TPSA) is 69.8 Å². The molecule has 1 aliphatic rings. The molecule has 25 heavy (non-hydrogen) atoms. The lowest BCUT2D eigenvalue weighted by atomic mass is 9.93. The number of hydrogen-bond acceptors (Lipinski definition) is 3. The van der Waals surface area contributed by atoms with E-state index in [1.165, 1.54) is 5.56 Å². The second-order valence-corrected chi connectivity index (χ2v) is 6.56. The zero-order valence-electron chi connectivity index (χ0n) is 14.5. The van der Waals surface area contributed by atoms with Crippen molar-refractivity contribution < 1.29 is 9.52 Å². The summed E-state index contributed by atoms with van der Waals surface area (Å²) in [5.74, 6) is 1.80. The smallest absolute Gasteiger partial charge is 0.191 e. The minimum atomic E-state index is -0.144. The van der Waals surface area contributed by atoms with Gasteiger partial charge < -0.3 is 20.2 Å². The number of guanidine groups is 1. The fraction of sp³-hybridized carbons (Fsp3) is 0.450. The number of rotatable bonds is 6. The average Bonchev–Trinajstić information content (AvgIpc) is 3.16. The minimum Gasteiger partial charge on any atom is -0.469 e.